The zero-order valence-corrected chi connectivity index (χ0v) is 10.4. The molecule has 0 bridgehead atoms. The first-order valence-electron chi connectivity index (χ1n) is 5.62. The number of nitrogen functional groups attached to an aromatic ring is 1. The second-order valence-electron chi connectivity index (χ2n) is 3.90. The molecule has 1 aromatic carbocycles. The van der Waals surface area contributed by atoms with Crippen molar-refractivity contribution in [3.05, 3.63) is 53.6 Å². The number of nitrogens with two attached hydrogens (primary N) is 1. The summed E-state index contributed by atoms with van der Waals surface area (Å²) in [6, 6.07) is 4.10. The highest BCUT2D eigenvalue weighted by atomic mass is 19.4. The van der Waals surface area contributed by atoms with Gasteiger partial charge >= 0.3 is 6.36 Å². The molecule has 108 valence electrons. The van der Waals surface area contributed by atoms with Crippen molar-refractivity contribution < 1.29 is 22.3 Å². The van der Waals surface area contributed by atoms with Gasteiger partial charge in [-0.05, 0) is 24.3 Å². The van der Waals surface area contributed by atoms with Gasteiger partial charge in [-0.3, -0.25) is 4.98 Å². The maximum absolute atomic E-state index is 13.5. The van der Waals surface area contributed by atoms with E-state index in [1.54, 1.807) is 0 Å². The van der Waals surface area contributed by atoms with Crippen molar-refractivity contribution in [2.75, 3.05) is 5.73 Å². The molecule has 3 nitrogen and oxygen atoms in total. The molecule has 0 aliphatic rings. The fourth-order valence-electron chi connectivity index (χ4n) is 1.45. The van der Waals surface area contributed by atoms with E-state index < -0.39 is 17.9 Å². The predicted molar refractivity (Wildman–Crippen MR) is 67.7 cm³/mol. The average molecular weight is 296 g/mol. The van der Waals surface area contributed by atoms with E-state index in [1.807, 2.05) is 0 Å². The molecule has 1 aromatic heterocycles. The van der Waals surface area contributed by atoms with Crippen LogP contribution < -0.4 is 10.5 Å². The summed E-state index contributed by atoms with van der Waals surface area (Å²) in [7, 11) is 0. The molecule has 0 amide bonds. The molecule has 21 heavy (non-hydrogen) atoms. The molecule has 7 heteroatoms. The summed E-state index contributed by atoms with van der Waals surface area (Å²) in [5, 5.41) is 0. The standard InChI is InChI=1S/C14H8F4N2O/c15-12-4-3-11(21-14(16,17)18)7-10(12)2-1-9-5-6-20-8-13(9)19/h3-8H,19H2. The molecule has 0 spiro atoms. The number of nitrogens with zero attached hydrogens (tertiary/aromatic N) is 1. The Bertz CT molecular complexity index is 717. The normalized spacial score (nSPS) is 10.7. The van der Waals surface area contributed by atoms with Crippen LogP contribution in [-0.4, -0.2) is 11.3 Å². The van der Waals surface area contributed by atoms with E-state index in [2.05, 4.69) is 21.6 Å². The van der Waals surface area contributed by atoms with Gasteiger partial charge in [-0.2, -0.15) is 0 Å². The number of rotatable bonds is 1. The van der Waals surface area contributed by atoms with E-state index in [0.29, 0.717) is 5.56 Å². The van der Waals surface area contributed by atoms with Crippen LogP contribution in [-0.2, 0) is 0 Å². The van der Waals surface area contributed by atoms with Crippen LogP contribution in [0.25, 0.3) is 0 Å². The van der Waals surface area contributed by atoms with Crippen molar-refractivity contribution in [2.24, 2.45) is 0 Å². The number of hydrogen-bond acceptors (Lipinski definition) is 3. The number of halogens is 4. The highest BCUT2D eigenvalue weighted by molar-refractivity contribution is 5.56. The Morgan fingerprint density at radius 1 is 1.10 bits per heavy atom. The van der Waals surface area contributed by atoms with Gasteiger partial charge in [0.2, 0.25) is 0 Å². The largest absolute Gasteiger partial charge is 0.573 e. The Labute approximate surface area is 117 Å². The van der Waals surface area contributed by atoms with E-state index in [1.165, 1.54) is 18.5 Å². The maximum atomic E-state index is 13.5. The lowest BCUT2D eigenvalue weighted by Gasteiger charge is -2.08. The minimum Gasteiger partial charge on any atom is -0.406 e. The number of hydrogen-bond donors (Lipinski definition) is 1. The molecule has 0 aliphatic heterocycles. The molecule has 0 atom stereocenters. The lowest BCUT2D eigenvalue weighted by atomic mass is 10.1. The minimum absolute atomic E-state index is 0.229. The van der Waals surface area contributed by atoms with E-state index in [-0.39, 0.29) is 11.3 Å². The number of alkyl halides is 3. The van der Waals surface area contributed by atoms with Crippen molar-refractivity contribution in [1.82, 2.24) is 4.98 Å². The molecular weight excluding hydrogens is 288 g/mol. The Hall–Kier alpha value is -2.75. The third-order valence-corrected chi connectivity index (χ3v) is 2.36. The molecule has 0 radical (unpaired) electrons. The summed E-state index contributed by atoms with van der Waals surface area (Å²) in [6.45, 7) is 0. The van der Waals surface area contributed by atoms with Crippen LogP contribution in [0.3, 0.4) is 0 Å². The van der Waals surface area contributed by atoms with Crippen molar-refractivity contribution >= 4 is 5.69 Å². The van der Waals surface area contributed by atoms with E-state index in [9.17, 15) is 17.6 Å². The highest BCUT2D eigenvalue weighted by Crippen LogP contribution is 2.24. The molecule has 0 unspecified atom stereocenters. The SMILES string of the molecule is Nc1cnccc1C#Cc1cc(OC(F)(F)F)ccc1F. The number of pyridine rings is 1. The summed E-state index contributed by atoms with van der Waals surface area (Å²) in [6.07, 6.45) is -2.04. The zero-order chi connectivity index (χ0) is 15.5. The first kappa shape index (κ1) is 14.7. The third-order valence-electron chi connectivity index (χ3n) is 2.36. The number of ether oxygens (including phenoxy) is 1. The van der Waals surface area contributed by atoms with Crippen molar-refractivity contribution in [1.29, 1.82) is 0 Å². The van der Waals surface area contributed by atoms with E-state index >= 15 is 0 Å². The minimum atomic E-state index is -4.85. The van der Waals surface area contributed by atoms with Gasteiger partial charge in [0.25, 0.3) is 0 Å². The fraction of sp³-hybridized carbons (Fsp3) is 0.0714. The quantitative estimate of drug-likeness (QED) is 0.650. The molecular formula is C14H8F4N2O. The van der Waals surface area contributed by atoms with Gasteiger partial charge in [0.1, 0.15) is 11.6 Å². The van der Waals surface area contributed by atoms with Gasteiger partial charge < -0.3 is 10.5 Å². The molecule has 2 rings (SSSR count). The topological polar surface area (TPSA) is 48.1 Å². The molecule has 0 saturated heterocycles. The maximum Gasteiger partial charge on any atom is 0.573 e. The second-order valence-corrected chi connectivity index (χ2v) is 3.90. The Balaban J connectivity index is 2.33. The monoisotopic (exact) mass is 296 g/mol. The summed E-state index contributed by atoms with van der Waals surface area (Å²) in [5.41, 5.74) is 6.06. The van der Waals surface area contributed by atoms with E-state index in [0.717, 1.165) is 18.2 Å². The van der Waals surface area contributed by atoms with Crippen molar-refractivity contribution in [3.63, 3.8) is 0 Å². The van der Waals surface area contributed by atoms with E-state index in [4.69, 9.17) is 5.73 Å². The molecule has 0 saturated carbocycles. The van der Waals surface area contributed by atoms with Crippen molar-refractivity contribution in [3.8, 4) is 17.6 Å². The number of anilines is 1. The Morgan fingerprint density at radius 3 is 2.48 bits per heavy atom. The van der Waals surface area contributed by atoms with Gasteiger partial charge in [0.05, 0.1) is 23.0 Å². The number of aromatic nitrogens is 1. The summed E-state index contributed by atoms with van der Waals surface area (Å²) in [4.78, 5) is 3.76. The molecule has 2 aromatic rings. The van der Waals surface area contributed by atoms with Crippen LogP contribution in [0.4, 0.5) is 23.2 Å². The van der Waals surface area contributed by atoms with Gasteiger partial charge in [0, 0.05) is 6.20 Å². The lowest BCUT2D eigenvalue weighted by molar-refractivity contribution is -0.274. The second kappa shape index (κ2) is 5.71. The van der Waals surface area contributed by atoms with Gasteiger partial charge in [-0.1, -0.05) is 11.8 Å². The highest BCUT2D eigenvalue weighted by Gasteiger charge is 2.31. The van der Waals surface area contributed by atoms with Gasteiger partial charge in [-0.15, -0.1) is 13.2 Å². The number of benzene rings is 1. The van der Waals surface area contributed by atoms with Gasteiger partial charge in [0.15, 0.2) is 0 Å². The smallest absolute Gasteiger partial charge is 0.406 e. The third kappa shape index (κ3) is 4.11. The first-order chi connectivity index (χ1) is 9.85. The van der Waals surface area contributed by atoms with Crippen LogP contribution >= 0.6 is 0 Å². The summed E-state index contributed by atoms with van der Waals surface area (Å²) in [5.74, 6) is 3.68. The average Bonchev–Trinajstić information content (AvgIpc) is 2.39. The first-order valence-corrected chi connectivity index (χ1v) is 5.62. The lowest BCUT2D eigenvalue weighted by Crippen LogP contribution is -2.17. The van der Waals surface area contributed by atoms with Crippen molar-refractivity contribution in [2.45, 2.75) is 6.36 Å². The molecule has 1 heterocycles. The van der Waals surface area contributed by atoms with Crippen LogP contribution in [0, 0.1) is 17.7 Å². The van der Waals surface area contributed by atoms with Crippen LogP contribution in [0.1, 0.15) is 11.1 Å². The van der Waals surface area contributed by atoms with Crippen LogP contribution in [0.15, 0.2) is 36.7 Å². The zero-order valence-electron chi connectivity index (χ0n) is 10.4. The van der Waals surface area contributed by atoms with Crippen LogP contribution in [0.5, 0.6) is 5.75 Å². The van der Waals surface area contributed by atoms with Crippen LogP contribution in [0.2, 0.25) is 0 Å². The fourth-order valence-corrected chi connectivity index (χ4v) is 1.45. The Morgan fingerprint density at radius 2 is 1.81 bits per heavy atom. The molecule has 2 N–H and O–H groups in total. The molecule has 0 fully saturated rings. The summed E-state index contributed by atoms with van der Waals surface area (Å²) >= 11 is 0. The predicted octanol–water partition coefficient (Wildman–Crippen LogP) is 3.10. The molecule has 0 aliphatic carbocycles. The summed E-state index contributed by atoms with van der Waals surface area (Å²) < 4.78 is 53.5. The Kier molecular flexibility index (Phi) is 3.98. The van der Waals surface area contributed by atoms with Gasteiger partial charge in [-0.25, -0.2) is 4.39 Å².